The number of pyridine rings is 1. The molecule has 2 unspecified atom stereocenters. The number of aliphatic hydroxyl groups excluding tert-OH is 1. The van der Waals surface area contributed by atoms with Crippen molar-refractivity contribution in [1.82, 2.24) is 10.3 Å². The van der Waals surface area contributed by atoms with Crippen LogP contribution >= 0.6 is 0 Å². The van der Waals surface area contributed by atoms with Gasteiger partial charge in [-0.2, -0.15) is 0 Å². The van der Waals surface area contributed by atoms with Crippen molar-refractivity contribution in [2.75, 3.05) is 6.54 Å². The first kappa shape index (κ1) is 16.2. The van der Waals surface area contributed by atoms with Gasteiger partial charge in [0, 0.05) is 23.9 Å². The van der Waals surface area contributed by atoms with E-state index in [1.54, 1.807) is 13.1 Å². The van der Waals surface area contributed by atoms with Gasteiger partial charge < -0.3 is 15.5 Å². The third-order valence-corrected chi connectivity index (χ3v) is 4.68. The molecule has 1 saturated carbocycles. The van der Waals surface area contributed by atoms with E-state index < -0.39 is 0 Å². The third kappa shape index (κ3) is 4.42. The van der Waals surface area contributed by atoms with Crippen molar-refractivity contribution < 1.29 is 10.2 Å². The summed E-state index contributed by atoms with van der Waals surface area (Å²) in [5.74, 6) is 1.92. The Morgan fingerprint density at radius 2 is 2.19 bits per heavy atom. The Morgan fingerprint density at radius 1 is 1.38 bits per heavy atom. The lowest BCUT2D eigenvalue weighted by Gasteiger charge is -2.26. The Labute approximate surface area is 127 Å². The minimum atomic E-state index is -0.0853. The summed E-state index contributed by atoms with van der Waals surface area (Å²) in [7, 11) is 0. The highest BCUT2D eigenvalue weighted by Gasteiger charge is 2.18. The monoisotopic (exact) mass is 292 g/mol. The second-order valence-electron chi connectivity index (χ2n) is 6.46. The normalized spacial score (nSPS) is 22.4. The molecule has 3 N–H and O–H groups in total. The Morgan fingerprint density at radius 3 is 2.90 bits per heavy atom. The molecule has 0 aliphatic heterocycles. The van der Waals surface area contributed by atoms with Crippen LogP contribution in [0.2, 0.25) is 0 Å². The van der Waals surface area contributed by atoms with Crippen molar-refractivity contribution in [1.29, 1.82) is 0 Å². The maximum Gasteiger partial charge on any atom is 0.141 e. The summed E-state index contributed by atoms with van der Waals surface area (Å²) in [6.07, 6.45) is 8.30. The standard InChI is InChI=1S/C17H28N2O2/c1-12-4-3-5-14(8-12)6-7-18-10-16-15(11-20)9-19-13(2)17(16)21/h9,12,14,18,20-21H,3-8,10-11H2,1-2H3. The predicted octanol–water partition coefficient (Wildman–Crippen LogP) is 2.89. The van der Waals surface area contributed by atoms with Gasteiger partial charge in [0.15, 0.2) is 0 Å². The van der Waals surface area contributed by atoms with Crippen LogP contribution in [0.25, 0.3) is 0 Å². The molecule has 4 nitrogen and oxygen atoms in total. The van der Waals surface area contributed by atoms with Crippen molar-refractivity contribution in [3.05, 3.63) is 23.0 Å². The highest BCUT2D eigenvalue weighted by Crippen LogP contribution is 2.30. The number of hydrogen-bond acceptors (Lipinski definition) is 4. The van der Waals surface area contributed by atoms with Crippen molar-refractivity contribution in [3.8, 4) is 5.75 Å². The summed E-state index contributed by atoms with van der Waals surface area (Å²) in [5.41, 5.74) is 2.10. The number of nitrogens with zero attached hydrogens (tertiary/aromatic N) is 1. The first-order valence-electron chi connectivity index (χ1n) is 8.09. The zero-order valence-electron chi connectivity index (χ0n) is 13.2. The minimum Gasteiger partial charge on any atom is -0.506 e. The van der Waals surface area contributed by atoms with Gasteiger partial charge in [0.2, 0.25) is 0 Å². The maximum absolute atomic E-state index is 10.1. The SMILES string of the molecule is Cc1ncc(CO)c(CNCCC2CCCC(C)C2)c1O. The van der Waals surface area contributed by atoms with Gasteiger partial charge in [0.05, 0.1) is 12.3 Å². The number of rotatable bonds is 6. The van der Waals surface area contributed by atoms with E-state index in [1.165, 1.54) is 32.1 Å². The lowest BCUT2D eigenvalue weighted by Crippen LogP contribution is -2.21. The van der Waals surface area contributed by atoms with E-state index in [4.69, 9.17) is 0 Å². The van der Waals surface area contributed by atoms with Gasteiger partial charge in [-0.1, -0.05) is 26.2 Å². The Bertz CT molecular complexity index is 462. The average Bonchev–Trinajstić information content (AvgIpc) is 2.48. The fraction of sp³-hybridized carbons (Fsp3) is 0.706. The van der Waals surface area contributed by atoms with Gasteiger partial charge in [-0.25, -0.2) is 0 Å². The second kappa shape index (κ2) is 7.76. The molecule has 4 heteroatoms. The van der Waals surface area contributed by atoms with E-state index in [9.17, 15) is 10.2 Å². The Hall–Kier alpha value is -1.13. The quantitative estimate of drug-likeness (QED) is 0.705. The molecule has 1 heterocycles. The summed E-state index contributed by atoms with van der Waals surface area (Å²) in [4.78, 5) is 4.08. The third-order valence-electron chi connectivity index (χ3n) is 4.68. The van der Waals surface area contributed by atoms with Crippen LogP contribution < -0.4 is 5.32 Å². The zero-order valence-corrected chi connectivity index (χ0v) is 13.2. The molecule has 0 bridgehead atoms. The Kier molecular flexibility index (Phi) is 6.00. The molecule has 0 aromatic carbocycles. The summed E-state index contributed by atoms with van der Waals surface area (Å²) < 4.78 is 0. The molecule has 1 aromatic rings. The molecule has 0 radical (unpaired) electrons. The van der Waals surface area contributed by atoms with Crippen LogP contribution in [-0.2, 0) is 13.2 Å². The number of aromatic hydroxyl groups is 1. The van der Waals surface area contributed by atoms with Crippen molar-refractivity contribution in [2.45, 2.75) is 59.1 Å². The lowest BCUT2D eigenvalue weighted by atomic mass is 9.81. The largest absolute Gasteiger partial charge is 0.506 e. The number of aliphatic hydroxyl groups is 1. The number of aromatic nitrogens is 1. The Balaban J connectivity index is 1.82. The number of nitrogens with one attached hydrogen (secondary N) is 1. The topological polar surface area (TPSA) is 65.4 Å². The summed E-state index contributed by atoms with van der Waals surface area (Å²) in [6, 6.07) is 0. The van der Waals surface area contributed by atoms with E-state index in [0.29, 0.717) is 17.8 Å². The first-order chi connectivity index (χ1) is 10.1. The van der Waals surface area contributed by atoms with Crippen LogP contribution in [0.15, 0.2) is 6.20 Å². The van der Waals surface area contributed by atoms with E-state index in [1.807, 2.05) is 0 Å². The van der Waals surface area contributed by atoms with Gasteiger partial charge in [-0.15, -0.1) is 0 Å². The smallest absolute Gasteiger partial charge is 0.141 e. The van der Waals surface area contributed by atoms with Gasteiger partial charge >= 0.3 is 0 Å². The summed E-state index contributed by atoms with van der Waals surface area (Å²) in [5, 5.41) is 22.8. The number of aryl methyl sites for hydroxylation is 1. The van der Waals surface area contributed by atoms with Gasteiger partial charge in [0.25, 0.3) is 0 Å². The van der Waals surface area contributed by atoms with E-state index in [2.05, 4.69) is 17.2 Å². The average molecular weight is 292 g/mol. The van der Waals surface area contributed by atoms with Crippen LogP contribution in [-0.4, -0.2) is 21.7 Å². The van der Waals surface area contributed by atoms with E-state index in [-0.39, 0.29) is 12.4 Å². The van der Waals surface area contributed by atoms with Gasteiger partial charge in [-0.3, -0.25) is 4.98 Å². The van der Waals surface area contributed by atoms with Crippen LogP contribution in [0.1, 0.15) is 55.8 Å². The maximum atomic E-state index is 10.1. The van der Waals surface area contributed by atoms with Crippen molar-refractivity contribution in [3.63, 3.8) is 0 Å². The predicted molar refractivity (Wildman–Crippen MR) is 84.0 cm³/mol. The van der Waals surface area contributed by atoms with Crippen molar-refractivity contribution >= 4 is 0 Å². The van der Waals surface area contributed by atoms with Gasteiger partial charge in [-0.05, 0) is 38.1 Å². The lowest BCUT2D eigenvalue weighted by molar-refractivity contribution is 0.266. The molecular formula is C17H28N2O2. The fourth-order valence-electron chi connectivity index (χ4n) is 3.36. The highest BCUT2D eigenvalue weighted by atomic mass is 16.3. The van der Waals surface area contributed by atoms with Crippen LogP contribution in [0.3, 0.4) is 0 Å². The fourth-order valence-corrected chi connectivity index (χ4v) is 3.36. The molecule has 2 atom stereocenters. The first-order valence-corrected chi connectivity index (χ1v) is 8.09. The zero-order chi connectivity index (χ0) is 15.2. The molecular weight excluding hydrogens is 264 g/mol. The number of hydrogen-bond donors (Lipinski definition) is 3. The van der Waals surface area contributed by atoms with E-state index in [0.717, 1.165) is 23.9 Å². The second-order valence-corrected chi connectivity index (χ2v) is 6.46. The summed E-state index contributed by atoms with van der Waals surface area (Å²) >= 11 is 0. The molecule has 118 valence electrons. The molecule has 1 aromatic heterocycles. The summed E-state index contributed by atoms with van der Waals surface area (Å²) in [6.45, 7) is 5.60. The van der Waals surface area contributed by atoms with Crippen LogP contribution in [0, 0.1) is 18.8 Å². The minimum absolute atomic E-state index is 0.0853. The molecule has 2 rings (SSSR count). The van der Waals surface area contributed by atoms with Crippen LogP contribution in [0.4, 0.5) is 0 Å². The molecule has 1 fully saturated rings. The highest BCUT2D eigenvalue weighted by molar-refractivity contribution is 5.40. The molecule has 0 saturated heterocycles. The van der Waals surface area contributed by atoms with E-state index >= 15 is 0 Å². The molecule has 1 aliphatic rings. The van der Waals surface area contributed by atoms with Crippen molar-refractivity contribution in [2.24, 2.45) is 11.8 Å². The molecule has 0 spiro atoms. The molecule has 21 heavy (non-hydrogen) atoms. The van der Waals surface area contributed by atoms with Crippen LogP contribution in [0.5, 0.6) is 5.75 Å². The van der Waals surface area contributed by atoms with Gasteiger partial charge in [0.1, 0.15) is 5.75 Å². The molecule has 1 aliphatic carbocycles. The molecule has 0 amide bonds.